The maximum absolute atomic E-state index is 14.8. The van der Waals surface area contributed by atoms with Gasteiger partial charge in [-0.25, -0.2) is 0 Å². The molecule has 0 aromatic heterocycles. The third-order valence-corrected chi connectivity index (χ3v) is 17.4. The summed E-state index contributed by atoms with van der Waals surface area (Å²) in [5.74, 6) is -5.49. The van der Waals surface area contributed by atoms with Gasteiger partial charge in [-0.05, 0) is 115 Å². The Labute approximate surface area is 423 Å². The summed E-state index contributed by atoms with van der Waals surface area (Å²) in [6.07, 6.45) is 17.5. The van der Waals surface area contributed by atoms with Gasteiger partial charge in [-0.1, -0.05) is 114 Å². The molecule has 12 heteroatoms. The Kier molecular flexibility index (Phi) is 22.3. The second kappa shape index (κ2) is 25.3. The zero-order chi connectivity index (χ0) is 47.9. The van der Waals surface area contributed by atoms with Crippen LogP contribution in [0.1, 0.15) is 199 Å². The molecule has 2 N–H and O–H groups in total. The molecule has 0 saturated carbocycles. The Morgan fingerprint density at radius 1 is 0.803 bits per heavy atom. The summed E-state index contributed by atoms with van der Waals surface area (Å²) < 4.78 is 35.7. The molecule has 5 aliphatic rings. The van der Waals surface area contributed by atoms with Crippen molar-refractivity contribution in [3.05, 3.63) is 12.2 Å². The predicted molar refractivity (Wildman–Crippen MR) is 254 cm³/mol. The van der Waals surface area contributed by atoms with E-state index in [2.05, 4.69) is 58.6 Å². The maximum atomic E-state index is 14.8. The van der Waals surface area contributed by atoms with Crippen LogP contribution in [0.4, 0.5) is 0 Å². The van der Waals surface area contributed by atoms with Crippen LogP contribution >= 0.6 is 0 Å². The van der Waals surface area contributed by atoms with Crippen molar-refractivity contribution in [3.63, 3.8) is 0 Å². The molecule has 4 saturated heterocycles. The monoisotopic (exact) mass is 940 g/mol. The molecular weight excluding hydrogens is 846 g/mol. The molecule has 18 atom stereocenters. The summed E-state index contributed by atoms with van der Waals surface area (Å²) in [6, 6.07) is -0.149. The van der Waals surface area contributed by atoms with Gasteiger partial charge in [0.15, 0.2) is 11.6 Å². The molecule has 0 unspecified atom stereocenters. The van der Waals surface area contributed by atoms with E-state index in [0.717, 1.165) is 45.2 Å². The number of Topliss-reactive ketones (excluding diaryl/α,β-unsaturated/α-hetero) is 1. The third kappa shape index (κ3) is 12.8. The minimum atomic E-state index is -1.14. The van der Waals surface area contributed by atoms with E-state index in [4.69, 9.17) is 23.7 Å². The number of hydrogen-bond donors (Lipinski definition) is 2. The van der Waals surface area contributed by atoms with Gasteiger partial charge in [-0.3, -0.25) is 9.69 Å². The van der Waals surface area contributed by atoms with Crippen molar-refractivity contribution in [1.29, 1.82) is 0 Å². The number of ketones is 1. The molecule has 66 heavy (non-hydrogen) atoms. The summed E-state index contributed by atoms with van der Waals surface area (Å²) in [4.78, 5) is 29.4. The fourth-order valence-electron chi connectivity index (χ4n) is 12.7. The van der Waals surface area contributed by atoms with Crippen LogP contribution < -0.4 is 34.7 Å². The molecule has 0 aromatic carbocycles. The fraction of sp³-hybridized carbons (Fsp3) is 0.926. The van der Waals surface area contributed by atoms with Crippen molar-refractivity contribution in [3.8, 4) is 0 Å². The van der Waals surface area contributed by atoms with Gasteiger partial charge in [0.2, 0.25) is 0 Å². The predicted octanol–water partition coefficient (Wildman–Crippen LogP) is 6.33. The number of carboxylic acid groups (broad SMARTS) is 1. The Hall–Kier alpha value is -0.440. The molecule has 5 heterocycles. The third-order valence-electron chi connectivity index (χ3n) is 17.4. The molecule has 0 aromatic rings. The number of unbranched alkanes of at least 4 members (excludes halogenated alkanes) is 6. The van der Waals surface area contributed by atoms with E-state index in [1.54, 1.807) is 0 Å². The quantitative estimate of drug-likeness (QED) is 0.0674. The first-order valence-electron chi connectivity index (χ1n) is 26.8. The van der Waals surface area contributed by atoms with Crippen molar-refractivity contribution >= 4 is 11.8 Å². The normalized spacial score (nSPS) is 39.3. The van der Waals surface area contributed by atoms with Crippen LogP contribution in [0.5, 0.6) is 0 Å². The van der Waals surface area contributed by atoms with Crippen molar-refractivity contribution in [2.75, 3.05) is 13.1 Å². The molecule has 0 bridgehead atoms. The van der Waals surface area contributed by atoms with Crippen LogP contribution in [0.15, 0.2) is 12.2 Å². The zero-order valence-corrected chi connectivity index (χ0v) is 46.0. The zero-order valence-electron chi connectivity index (χ0n) is 44.0. The molecular formula is C54H94NNaO10. The fourth-order valence-corrected chi connectivity index (χ4v) is 12.7. The van der Waals surface area contributed by atoms with Gasteiger partial charge in [0.1, 0.15) is 5.78 Å². The van der Waals surface area contributed by atoms with Crippen molar-refractivity contribution < 1.29 is 78.2 Å². The van der Waals surface area contributed by atoms with Gasteiger partial charge < -0.3 is 43.8 Å². The number of aliphatic hydroxyl groups is 2. The van der Waals surface area contributed by atoms with Crippen LogP contribution in [-0.2, 0) is 33.3 Å². The minimum absolute atomic E-state index is 0. The second-order valence-corrected chi connectivity index (χ2v) is 22.1. The number of carbonyl (C=O) groups is 2. The Balaban J connectivity index is 0.00000952. The van der Waals surface area contributed by atoms with Gasteiger partial charge in [0.05, 0.1) is 53.9 Å². The summed E-state index contributed by atoms with van der Waals surface area (Å²) in [5.41, 5.74) is -1.51. The SMILES string of the molecule is CCCCCCN(CCCCCC)[C@H]1C=C[C@]2(O[C@H]([C@@H](CC)C(=O)[C@@H](C)[C@@H](O)[C@H](C)[C@@H]3O[C@@H]([C@@H](CC)C(=O)[O-])CC[C@@H]3C)[C@@H](C)C[C@H]2C)O[C@@]12CC[C@@](C)([C@H]1CC[C@](O)(CC)[C@H](C)O1)O2.[Na+]. The molecule has 0 amide bonds. The van der Waals surface area contributed by atoms with E-state index in [0.29, 0.717) is 44.9 Å². The molecule has 5 rings (SSSR count). The molecule has 5 aliphatic heterocycles. The Morgan fingerprint density at radius 3 is 2.00 bits per heavy atom. The van der Waals surface area contributed by atoms with E-state index in [1.807, 2.05) is 41.5 Å². The van der Waals surface area contributed by atoms with Crippen LogP contribution in [-0.4, -0.2) is 105 Å². The van der Waals surface area contributed by atoms with Gasteiger partial charge >= 0.3 is 29.6 Å². The van der Waals surface area contributed by atoms with E-state index >= 15 is 0 Å². The van der Waals surface area contributed by atoms with Crippen LogP contribution in [0.2, 0.25) is 0 Å². The Bertz CT molecular complexity index is 1540. The van der Waals surface area contributed by atoms with Crippen LogP contribution in [0.25, 0.3) is 0 Å². The first-order valence-corrected chi connectivity index (χ1v) is 26.8. The van der Waals surface area contributed by atoms with Gasteiger partial charge in [-0.15, -0.1) is 0 Å². The van der Waals surface area contributed by atoms with Crippen molar-refractivity contribution in [2.45, 2.75) is 264 Å². The number of nitrogens with zero attached hydrogens (tertiary/aromatic N) is 1. The number of ether oxygens (including phenoxy) is 5. The smallest absolute Gasteiger partial charge is 0.550 e. The molecule has 0 radical (unpaired) electrons. The van der Waals surface area contributed by atoms with E-state index in [1.165, 1.54) is 38.5 Å². The minimum Gasteiger partial charge on any atom is -0.550 e. The average molecular weight is 940 g/mol. The summed E-state index contributed by atoms with van der Waals surface area (Å²) in [7, 11) is 0. The molecule has 0 aliphatic carbocycles. The summed E-state index contributed by atoms with van der Waals surface area (Å²) in [5, 5.41) is 35.3. The number of hydrogen-bond acceptors (Lipinski definition) is 11. The number of aliphatic carboxylic acids is 1. The van der Waals surface area contributed by atoms with Crippen LogP contribution in [0.3, 0.4) is 0 Å². The van der Waals surface area contributed by atoms with E-state index in [-0.39, 0.29) is 77.4 Å². The largest absolute Gasteiger partial charge is 1.00 e. The first-order chi connectivity index (χ1) is 30.8. The Morgan fingerprint density at radius 2 is 1.44 bits per heavy atom. The molecule has 4 fully saturated rings. The first kappa shape index (κ1) is 58.1. The number of carbonyl (C=O) groups excluding carboxylic acids is 2. The topological polar surface area (TPSA) is 147 Å². The molecule has 2 spiro atoms. The maximum Gasteiger partial charge on any atom is 1.00 e. The number of carboxylic acids is 1. The number of aliphatic hydroxyl groups excluding tert-OH is 1. The van der Waals surface area contributed by atoms with Crippen molar-refractivity contribution in [1.82, 2.24) is 4.90 Å². The van der Waals surface area contributed by atoms with Crippen molar-refractivity contribution in [2.24, 2.45) is 41.4 Å². The summed E-state index contributed by atoms with van der Waals surface area (Å²) >= 11 is 0. The van der Waals surface area contributed by atoms with Gasteiger partial charge in [-0.2, -0.15) is 0 Å². The molecule has 376 valence electrons. The molecule has 11 nitrogen and oxygen atoms in total. The number of rotatable bonds is 23. The summed E-state index contributed by atoms with van der Waals surface area (Å²) in [6.45, 7) is 26.7. The van der Waals surface area contributed by atoms with Crippen LogP contribution in [0, 0.1) is 41.4 Å². The van der Waals surface area contributed by atoms with E-state index < -0.39 is 70.7 Å². The van der Waals surface area contributed by atoms with E-state index in [9.17, 15) is 24.9 Å². The van der Waals surface area contributed by atoms with Gasteiger partial charge in [0, 0.05) is 42.0 Å². The second-order valence-electron chi connectivity index (χ2n) is 22.1. The average Bonchev–Trinajstić information content (AvgIpc) is 3.62. The van der Waals surface area contributed by atoms with Gasteiger partial charge in [0.25, 0.3) is 0 Å². The standard InChI is InChI=1S/C54H95NO10.Na/c1-13-18-20-22-32-55(33-23-21-19-14-2)44-26-29-53(65-54(44)31-30-51(12,64-54)45-27-28-52(60,17-5)40(11)61-45)37(8)34-36(7)49(63-53)42(16-4)47(57)38(9)46(56)39(10)48-35(6)24-25-43(62-48)41(15-3)50(58)59;/h26,29,35-46,48-49,56,60H,13-25,27-28,30-34H2,1-12H3,(H,58,59);/q;+1/p-1/t35-,36-,37+,38-,39-,40-,41+,42-,43+,44-,45+,46+,48+,49-,51-,52+,53-,54-;/m0./s1.